The third kappa shape index (κ3) is 6.26. The van der Waals surface area contributed by atoms with E-state index in [1.807, 2.05) is 42.5 Å². The van der Waals surface area contributed by atoms with E-state index in [9.17, 15) is 13.2 Å². The van der Waals surface area contributed by atoms with Gasteiger partial charge in [-0.1, -0.05) is 63.2 Å². The largest absolute Gasteiger partial charge is 0.322 e. The van der Waals surface area contributed by atoms with Crippen LogP contribution in [0.25, 0.3) is 0 Å². The minimum absolute atomic E-state index is 0.0193. The number of hydrogen-bond acceptors (Lipinski definition) is 3. The van der Waals surface area contributed by atoms with Crippen molar-refractivity contribution < 1.29 is 13.2 Å². The Morgan fingerprint density at radius 2 is 1.45 bits per heavy atom. The summed E-state index contributed by atoms with van der Waals surface area (Å²) in [7, 11) is -3.61. The van der Waals surface area contributed by atoms with Gasteiger partial charge in [-0.25, -0.2) is 13.1 Å². The molecule has 5 nitrogen and oxygen atoms in total. The smallest absolute Gasteiger partial charge is 0.255 e. The Balaban J connectivity index is 1.59. The first kappa shape index (κ1) is 22.7. The van der Waals surface area contributed by atoms with Crippen LogP contribution in [0.15, 0.2) is 83.8 Å². The number of sulfonamides is 1. The van der Waals surface area contributed by atoms with Gasteiger partial charge in [-0.2, -0.15) is 0 Å². The Labute approximate surface area is 184 Å². The number of amides is 1. The Bertz CT molecular complexity index is 1120. The maximum absolute atomic E-state index is 12.5. The fraction of sp³-hybridized carbons (Fsp3) is 0.240. The van der Waals surface area contributed by atoms with E-state index in [1.54, 1.807) is 24.3 Å². The lowest BCUT2D eigenvalue weighted by atomic mass is 9.87. The molecule has 2 N–H and O–H groups in total. The summed E-state index contributed by atoms with van der Waals surface area (Å²) in [6.45, 7) is 6.67. The van der Waals surface area contributed by atoms with Crippen LogP contribution in [-0.2, 0) is 21.9 Å². The van der Waals surface area contributed by atoms with Gasteiger partial charge >= 0.3 is 0 Å². The van der Waals surface area contributed by atoms with E-state index in [0.29, 0.717) is 24.2 Å². The summed E-state index contributed by atoms with van der Waals surface area (Å²) in [6, 6.07) is 23.4. The minimum atomic E-state index is -3.61. The molecule has 0 spiro atoms. The minimum Gasteiger partial charge on any atom is -0.322 e. The highest BCUT2D eigenvalue weighted by Gasteiger charge is 2.16. The molecule has 6 heteroatoms. The zero-order chi connectivity index (χ0) is 22.5. The van der Waals surface area contributed by atoms with Crippen molar-refractivity contribution >= 4 is 21.6 Å². The molecule has 0 radical (unpaired) electrons. The van der Waals surface area contributed by atoms with Crippen molar-refractivity contribution in [3.63, 3.8) is 0 Å². The predicted octanol–water partition coefficient (Wildman–Crippen LogP) is 4.76. The summed E-state index contributed by atoms with van der Waals surface area (Å²) in [5.74, 6) is -0.239. The molecule has 0 aliphatic heterocycles. The monoisotopic (exact) mass is 436 g/mol. The van der Waals surface area contributed by atoms with Gasteiger partial charge < -0.3 is 5.32 Å². The topological polar surface area (TPSA) is 75.3 Å². The molecule has 0 aromatic heterocycles. The van der Waals surface area contributed by atoms with E-state index in [4.69, 9.17) is 0 Å². The fourth-order valence-electron chi connectivity index (χ4n) is 3.10. The molecule has 0 saturated carbocycles. The number of rotatable bonds is 7. The van der Waals surface area contributed by atoms with E-state index in [-0.39, 0.29) is 16.2 Å². The normalized spacial score (nSPS) is 11.8. The van der Waals surface area contributed by atoms with E-state index < -0.39 is 10.0 Å². The van der Waals surface area contributed by atoms with Crippen LogP contribution in [0, 0.1) is 0 Å². The second-order valence-corrected chi connectivity index (χ2v) is 10.2. The van der Waals surface area contributed by atoms with Crippen LogP contribution in [0.1, 0.15) is 42.3 Å². The Hall–Kier alpha value is -2.96. The molecule has 3 aromatic rings. The van der Waals surface area contributed by atoms with Crippen LogP contribution in [-0.4, -0.2) is 20.9 Å². The molecular weight excluding hydrogens is 408 g/mol. The number of carbonyl (C=O) groups is 1. The van der Waals surface area contributed by atoms with Crippen LogP contribution < -0.4 is 10.0 Å². The average molecular weight is 437 g/mol. The highest BCUT2D eigenvalue weighted by Crippen LogP contribution is 2.22. The summed E-state index contributed by atoms with van der Waals surface area (Å²) in [5.41, 5.74) is 3.32. The number of nitrogens with one attached hydrogen (secondary N) is 2. The lowest BCUT2D eigenvalue weighted by Gasteiger charge is -2.19. The van der Waals surface area contributed by atoms with Gasteiger partial charge in [0.05, 0.1) is 4.90 Å². The highest BCUT2D eigenvalue weighted by molar-refractivity contribution is 7.89. The van der Waals surface area contributed by atoms with Crippen molar-refractivity contribution in [1.29, 1.82) is 0 Å². The number of carbonyl (C=O) groups excluding carboxylic acids is 1. The van der Waals surface area contributed by atoms with Crippen LogP contribution in [0.2, 0.25) is 0 Å². The number of benzene rings is 3. The van der Waals surface area contributed by atoms with Gasteiger partial charge in [0.1, 0.15) is 0 Å². The van der Waals surface area contributed by atoms with Gasteiger partial charge in [0.2, 0.25) is 10.0 Å². The SMILES string of the molecule is CC(C)(C)c1ccc(C(=O)Nc2ccc(S(=O)(=O)NCCc3ccccc3)cc2)cc1. The van der Waals surface area contributed by atoms with E-state index >= 15 is 0 Å². The Morgan fingerprint density at radius 1 is 0.839 bits per heavy atom. The molecule has 0 atom stereocenters. The van der Waals surface area contributed by atoms with Crippen molar-refractivity contribution in [2.75, 3.05) is 11.9 Å². The molecule has 1 amide bonds. The van der Waals surface area contributed by atoms with Gasteiger partial charge in [0.15, 0.2) is 0 Å². The molecule has 0 bridgehead atoms. The fourth-order valence-corrected chi connectivity index (χ4v) is 4.13. The first-order valence-corrected chi connectivity index (χ1v) is 11.7. The zero-order valence-electron chi connectivity index (χ0n) is 18.1. The van der Waals surface area contributed by atoms with Gasteiger partial charge in [-0.15, -0.1) is 0 Å². The molecule has 0 heterocycles. The second-order valence-electron chi connectivity index (χ2n) is 8.44. The summed E-state index contributed by atoms with van der Waals surface area (Å²) >= 11 is 0. The summed E-state index contributed by atoms with van der Waals surface area (Å²) in [4.78, 5) is 12.7. The molecule has 3 rings (SSSR count). The summed E-state index contributed by atoms with van der Waals surface area (Å²) in [6.07, 6.45) is 0.613. The predicted molar refractivity (Wildman–Crippen MR) is 125 cm³/mol. The lowest BCUT2D eigenvalue weighted by Crippen LogP contribution is -2.26. The molecule has 0 fully saturated rings. The maximum Gasteiger partial charge on any atom is 0.255 e. The Morgan fingerprint density at radius 3 is 2.03 bits per heavy atom. The van der Waals surface area contributed by atoms with E-state index in [0.717, 1.165) is 11.1 Å². The molecule has 162 valence electrons. The summed E-state index contributed by atoms with van der Waals surface area (Å²) in [5, 5.41) is 2.81. The lowest BCUT2D eigenvalue weighted by molar-refractivity contribution is 0.102. The first-order chi connectivity index (χ1) is 14.6. The Kier molecular flexibility index (Phi) is 6.93. The maximum atomic E-state index is 12.5. The van der Waals surface area contributed by atoms with Crippen molar-refractivity contribution in [1.82, 2.24) is 4.72 Å². The number of anilines is 1. The molecule has 0 aliphatic carbocycles. The van der Waals surface area contributed by atoms with Gasteiger partial charge in [-0.05, 0) is 59.4 Å². The molecule has 0 unspecified atom stereocenters. The van der Waals surface area contributed by atoms with E-state index in [1.165, 1.54) is 12.1 Å². The molecule has 3 aromatic carbocycles. The van der Waals surface area contributed by atoms with Crippen molar-refractivity contribution in [3.05, 3.63) is 95.6 Å². The van der Waals surface area contributed by atoms with Crippen molar-refractivity contribution in [2.45, 2.75) is 37.5 Å². The van der Waals surface area contributed by atoms with E-state index in [2.05, 4.69) is 30.8 Å². The molecular formula is C25H28N2O3S. The molecule has 0 aliphatic rings. The summed E-state index contributed by atoms with van der Waals surface area (Å²) < 4.78 is 27.6. The standard InChI is InChI=1S/C25H28N2O3S/c1-25(2,3)21-11-9-20(10-12-21)24(28)27-22-13-15-23(16-14-22)31(29,30)26-18-17-19-7-5-4-6-8-19/h4-16,26H,17-18H2,1-3H3,(H,27,28). The third-order valence-electron chi connectivity index (χ3n) is 4.98. The van der Waals surface area contributed by atoms with Gasteiger partial charge in [0, 0.05) is 17.8 Å². The van der Waals surface area contributed by atoms with Gasteiger partial charge in [0.25, 0.3) is 5.91 Å². The second kappa shape index (κ2) is 9.45. The van der Waals surface area contributed by atoms with Crippen LogP contribution in [0.4, 0.5) is 5.69 Å². The zero-order valence-corrected chi connectivity index (χ0v) is 18.9. The molecule has 31 heavy (non-hydrogen) atoms. The highest BCUT2D eigenvalue weighted by atomic mass is 32.2. The van der Waals surface area contributed by atoms with Crippen LogP contribution >= 0.6 is 0 Å². The number of hydrogen-bond donors (Lipinski definition) is 2. The first-order valence-electron chi connectivity index (χ1n) is 10.2. The molecule has 0 saturated heterocycles. The average Bonchev–Trinajstić information content (AvgIpc) is 2.74. The third-order valence-corrected chi connectivity index (χ3v) is 6.46. The van der Waals surface area contributed by atoms with Crippen LogP contribution in [0.5, 0.6) is 0 Å². The van der Waals surface area contributed by atoms with Crippen LogP contribution in [0.3, 0.4) is 0 Å². The van der Waals surface area contributed by atoms with Crippen molar-refractivity contribution in [3.8, 4) is 0 Å². The quantitative estimate of drug-likeness (QED) is 0.561. The van der Waals surface area contributed by atoms with Crippen molar-refractivity contribution in [2.24, 2.45) is 0 Å². The van der Waals surface area contributed by atoms with Gasteiger partial charge in [-0.3, -0.25) is 4.79 Å².